The fourth-order valence-electron chi connectivity index (χ4n) is 1.42. The number of amides is 1. The summed E-state index contributed by atoms with van der Waals surface area (Å²) in [5.41, 5.74) is 0. The topological polar surface area (TPSA) is 67.4 Å². The quantitative estimate of drug-likeness (QED) is 0.462. The molecular weight excluding hydrogens is 184 g/mol. The zero-order chi connectivity index (χ0) is 10.4. The first-order valence-electron chi connectivity index (χ1n) is 4.92. The molecule has 0 aromatic heterocycles. The highest BCUT2D eigenvalue weighted by Gasteiger charge is 2.20. The van der Waals surface area contributed by atoms with E-state index in [-0.39, 0.29) is 12.6 Å². The van der Waals surface area contributed by atoms with E-state index in [4.69, 9.17) is 0 Å². The van der Waals surface area contributed by atoms with Crippen molar-refractivity contribution in [2.75, 3.05) is 19.7 Å². The fourth-order valence-corrected chi connectivity index (χ4v) is 1.42. The average molecular weight is 200 g/mol. The average Bonchev–Trinajstić information content (AvgIpc) is 2.19. The number of esters is 1. The molecule has 2 N–H and O–H groups in total. The van der Waals surface area contributed by atoms with Crippen LogP contribution in [-0.2, 0) is 14.3 Å². The molecule has 1 unspecified atom stereocenters. The van der Waals surface area contributed by atoms with Crippen molar-refractivity contribution in [1.82, 2.24) is 10.6 Å². The van der Waals surface area contributed by atoms with Crippen LogP contribution in [0.1, 0.15) is 19.8 Å². The van der Waals surface area contributed by atoms with E-state index in [0.717, 1.165) is 25.9 Å². The third-order valence-corrected chi connectivity index (χ3v) is 2.09. The predicted molar refractivity (Wildman–Crippen MR) is 50.7 cm³/mol. The molecule has 1 aliphatic heterocycles. The van der Waals surface area contributed by atoms with Gasteiger partial charge in [0.15, 0.2) is 0 Å². The van der Waals surface area contributed by atoms with E-state index in [9.17, 15) is 9.59 Å². The first-order chi connectivity index (χ1) is 6.74. The maximum absolute atomic E-state index is 11.2. The highest BCUT2D eigenvalue weighted by atomic mass is 16.5. The molecular formula is C9H16N2O3. The van der Waals surface area contributed by atoms with Gasteiger partial charge in [0.05, 0.1) is 6.61 Å². The lowest BCUT2D eigenvalue weighted by Crippen LogP contribution is -2.48. The second kappa shape index (κ2) is 5.59. The zero-order valence-electron chi connectivity index (χ0n) is 8.34. The highest BCUT2D eigenvalue weighted by Crippen LogP contribution is 2.00. The van der Waals surface area contributed by atoms with Crippen molar-refractivity contribution in [3.05, 3.63) is 0 Å². The van der Waals surface area contributed by atoms with E-state index in [1.807, 2.05) is 0 Å². The zero-order valence-corrected chi connectivity index (χ0v) is 8.34. The molecule has 1 saturated heterocycles. The summed E-state index contributed by atoms with van der Waals surface area (Å²) in [6, 6.07) is 0.0562. The molecule has 1 aliphatic rings. The molecule has 1 fully saturated rings. The van der Waals surface area contributed by atoms with Gasteiger partial charge in [-0.15, -0.1) is 0 Å². The van der Waals surface area contributed by atoms with Gasteiger partial charge in [0.25, 0.3) is 0 Å². The normalized spacial score (nSPS) is 21.4. The summed E-state index contributed by atoms with van der Waals surface area (Å²) in [7, 11) is 0. The Labute approximate surface area is 83.2 Å². The Morgan fingerprint density at radius 2 is 2.36 bits per heavy atom. The molecule has 0 aromatic rings. The summed E-state index contributed by atoms with van der Waals surface area (Å²) < 4.78 is 4.57. The summed E-state index contributed by atoms with van der Waals surface area (Å²) in [4.78, 5) is 22.1. The smallest absolute Gasteiger partial charge is 0.396 e. The minimum absolute atomic E-state index is 0.0562. The van der Waals surface area contributed by atoms with Gasteiger partial charge < -0.3 is 15.4 Å². The largest absolute Gasteiger partial charge is 0.459 e. The third kappa shape index (κ3) is 3.33. The first kappa shape index (κ1) is 11.0. The SMILES string of the molecule is CCOC(=O)C(=O)NC1CCCNC1. The van der Waals surface area contributed by atoms with Gasteiger partial charge in [0, 0.05) is 12.6 Å². The van der Waals surface area contributed by atoms with E-state index >= 15 is 0 Å². The monoisotopic (exact) mass is 200 g/mol. The number of ether oxygens (including phenoxy) is 1. The van der Waals surface area contributed by atoms with Gasteiger partial charge in [-0.25, -0.2) is 4.79 Å². The number of piperidine rings is 1. The fraction of sp³-hybridized carbons (Fsp3) is 0.778. The van der Waals surface area contributed by atoms with E-state index in [0.29, 0.717) is 0 Å². The van der Waals surface area contributed by atoms with Gasteiger partial charge >= 0.3 is 11.9 Å². The third-order valence-electron chi connectivity index (χ3n) is 2.09. The second-order valence-electron chi connectivity index (χ2n) is 3.24. The van der Waals surface area contributed by atoms with Crippen LogP contribution in [0.15, 0.2) is 0 Å². The Morgan fingerprint density at radius 3 is 2.93 bits per heavy atom. The molecule has 0 spiro atoms. The van der Waals surface area contributed by atoms with Crippen molar-refractivity contribution in [2.45, 2.75) is 25.8 Å². The van der Waals surface area contributed by atoms with Crippen LogP contribution in [0.4, 0.5) is 0 Å². The standard InChI is InChI=1S/C9H16N2O3/c1-2-14-9(13)8(12)11-7-4-3-5-10-6-7/h7,10H,2-6H2,1H3,(H,11,12). The van der Waals surface area contributed by atoms with Crippen molar-refractivity contribution in [1.29, 1.82) is 0 Å². The Bertz CT molecular complexity index is 212. The van der Waals surface area contributed by atoms with Gasteiger partial charge in [0.2, 0.25) is 0 Å². The molecule has 0 radical (unpaired) electrons. The summed E-state index contributed by atoms with van der Waals surface area (Å²) >= 11 is 0. The summed E-state index contributed by atoms with van der Waals surface area (Å²) in [5, 5.41) is 5.77. The number of hydrogen-bond donors (Lipinski definition) is 2. The lowest BCUT2D eigenvalue weighted by molar-refractivity contribution is -0.154. The van der Waals surface area contributed by atoms with Gasteiger partial charge in [-0.2, -0.15) is 0 Å². The summed E-state index contributed by atoms with van der Waals surface area (Å²) in [5.74, 6) is -1.43. The molecule has 0 aromatic carbocycles. The lowest BCUT2D eigenvalue weighted by atomic mass is 10.1. The summed E-state index contributed by atoms with van der Waals surface area (Å²) in [6.07, 6.45) is 1.94. The Kier molecular flexibility index (Phi) is 4.39. The molecule has 1 heterocycles. The van der Waals surface area contributed by atoms with Crippen LogP contribution in [0.3, 0.4) is 0 Å². The number of carbonyl (C=O) groups is 2. The lowest BCUT2D eigenvalue weighted by Gasteiger charge is -2.23. The van der Waals surface area contributed by atoms with Crippen molar-refractivity contribution in [3.8, 4) is 0 Å². The molecule has 1 atom stereocenters. The molecule has 0 saturated carbocycles. The van der Waals surface area contributed by atoms with Crippen molar-refractivity contribution in [2.24, 2.45) is 0 Å². The van der Waals surface area contributed by atoms with Crippen LogP contribution in [0.2, 0.25) is 0 Å². The molecule has 0 bridgehead atoms. The van der Waals surface area contributed by atoms with Crippen LogP contribution in [0.5, 0.6) is 0 Å². The van der Waals surface area contributed by atoms with Crippen LogP contribution >= 0.6 is 0 Å². The minimum Gasteiger partial charge on any atom is -0.459 e. The van der Waals surface area contributed by atoms with Gasteiger partial charge in [-0.05, 0) is 26.3 Å². The number of hydrogen-bond acceptors (Lipinski definition) is 4. The molecule has 1 rings (SSSR count). The first-order valence-corrected chi connectivity index (χ1v) is 4.92. The number of nitrogens with one attached hydrogen (secondary N) is 2. The van der Waals surface area contributed by atoms with Crippen LogP contribution < -0.4 is 10.6 Å². The highest BCUT2D eigenvalue weighted by molar-refractivity contribution is 6.32. The van der Waals surface area contributed by atoms with E-state index in [1.165, 1.54) is 0 Å². The van der Waals surface area contributed by atoms with Crippen LogP contribution in [0, 0.1) is 0 Å². The maximum atomic E-state index is 11.2. The Morgan fingerprint density at radius 1 is 1.57 bits per heavy atom. The van der Waals surface area contributed by atoms with Crippen LogP contribution in [-0.4, -0.2) is 37.6 Å². The van der Waals surface area contributed by atoms with Crippen molar-refractivity contribution in [3.63, 3.8) is 0 Å². The van der Waals surface area contributed by atoms with Crippen molar-refractivity contribution < 1.29 is 14.3 Å². The number of carbonyl (C=O) groups excluding carboxylic acids is 2. The summed E-state index contributed by atoms with van der Waals surface area (Å²) in [6.45, 7) is 3.61. The molecule has 5 nitrogen and oxygen atoms in total. The Hall–Kier alpha value is -1.10. The van der Waals surface area contributed by atoms with Gasteiger partial charge in [0.1, 0.15) is 0 Å². The molecule has 80 valence electrons. The van der Waals surface area contributed by atoms with Gasteiger partial charge in [-0.1, -0.05) is 0 Å². The van der Waals surface area contributed by atoms with Crippen molar-refractivity contribution >= 4 is 11.9 Å². The minimum atomic E-state index is -0.793. The molecule has 0 aliphatic carbocycles. The van der Waals surface area contributed by atoms with Crippen LogP contribution in [0.25, 0.3) is 0 Å². The second-order valence-corrected chi connectivity index (χ2v) is 3.24. The maximum Gasteiger partial charge on any atom is 0.396 e. The Balaban J connectivity index is 2.28. The predicted octanol–water partition coefficient (Wildman–Crippen LogP) is -0.582. The molecule has 5 heteroatoms. The molecule has 14 heavy (non-hydrogen) atoms. The van der Waals surface area contributed by atoms with Gasteiger partial charge in [-0.3, -0.25) is 4.79 Å². The number of rotatable bonds is 2. The van der Waals surface area contributed by atoms with E-state index < -0.39 is 11.9 Å². The molecule has 1 amide bonds. The van der Waals surface area contributed by atoms with E-state index in [2.05, 4.69) is 15.4 Å². The van der Waals surface area contributed by atoms with E-state index in [1.54, 1.807) is 6.92 Å².